The summed E-state index contributed by atoms with van der Waals surface area (Å²) in [6.07, 6.45) is 7.59. The predicted molar refractivity (Wildman–Crippen MR) is 95.0 cm³/mol. The molecular weight excluding hydrogens is 368 g/mol. The molecule has 4 rings (SSSR count). The summed E-state index contributed by atoms with van der Waals surface area (Å²) in [5.41, 5.74) is 0.753. The zero-order valence-electron chi connectivity index (χ0n) is 13.3. The number of aromatic nitrogens is 1. The van der Waals surface area contributed by atoms with Crippen molar-refractivity contribution in [2.75, 3.05) is 0 Å². The summed E-state index contributed by atoms with van der Waals surface area (Å²) in [5.74, 6) is 0.998. The van der Waals surface area contributed by atoms with Crippen LogP contribution in [0.4, 0.5) is 0 Å². The van der Waals surface area contributed by atoms with Gasteiger partial charge in [0.25, 0.3) is 5.91 Å². The number of hydrogen-bond acceptors (Lipinski definition) is 3. The van der Waals surface area contributed by atoms with E-state index in [0.717, 1.165) is 41.5 Å². The van der Waals surface area contributed by atoms with Gasteiger partial charge in [0.15, 0.2) is 0 Å². The van der Waals surface area contributed by atoms with Crippen molar-refractivity contribution in [2.45, 2.75) is 43.9 Å². The summed E-state index contributed by atoms with van der Waals surface area (Å²) in [6, 6.07) is 12.0. The van der Waals surface area contributed by atoms with Crippen LogP contribution >= 0.6 is 15.9 Å². The van der Waals surface area contributed by atoms with E-state index in [4.69, 9.17) is 4.74 Å². The summed E-state index contributed by atoms with van der Waals surface area (Å²) in [4.78, 5) is 19.1. The number of nitrogens with zero attached hydrogens (tertiary/aromatic N) is 2. The predicted octanol–water partition coefficient (Wildman–Crippen LogP) is 4.06. The molecule has 24 heavy (non-hydrogen) atoms. The molecule has 2 unspecified atom stereocenters. The zero-order chi connectivity index (χ0) is 16.5. The summed E-state index contributed by atoms with van der Waals surface area (Å²) in [6.45, 7) is 0. The number of hydrogen-bond donors (Lipinski definition) is 0. The molecule has 3 heterocycles. The SMILES string of the molecule is O=C(c1ccccc1Br)N1C2CCC1CC(Oc1ccncc1)C2. The molecule has 2 aliphatic heterocycles. The zero-order valence-corrected chi connectivity index (χ0v) is 14.9. The van der Waals surface area contributed by atoms with Gasteiger partial charge in [0.2, 0.25) is 0 Å². The molecule has 2 bridgehead atoms. The average Bonchev–Trinajstić information content (AvgIpc) is 2.86. The molecule has 1 amide bonds. The Kier molecular flexibility index (Phi) is 4.27. The number of piperidine rings is 1. The van der Waals surface area contributed by atoms with E-state index in [2.05, 4.69) is 25.8 Å². The molecule has 0 aliphatic carbocycles. The Morgan fingerprint density at radius 2 is 1.75 bits per heavy atom. The van der Waals surface area contributed by atoms with Crippen LogP contribution in [-0.2, 0) is 0 Å². The van der Waals surface area contributed by atoms with Gasteiger partial charge in [-0.15, -0.1) is 0 Å². The van der Waals surface area contributed by atoms with Gasteiger partial charge in [-0.25, -0.2) is 0 Å². The normalized spacial score (nSPS) is 25.5. The van der Waals surface area contributed by atoms with Crippen molar-refractivity contribution in [1.29, 1.82) is 0 Å². The molecule has 5 heteroatoms. The minimum absolute atomic E-state index is 0.136. The van der Waals surface area contributed by atoms with Gasteiger partial charge in [0.05, 0.1) is 5.56 Å². The highest BCUT2D eigenvalue weighted by Crippen LogP contribution is 2.38. The van der Waals surface area contributed by atoms with Gasteiger partial charge in [0, 0.05) is 41.8 Å². The van der Waals surface area contributed by atoms with E-state index >= 15 is 0 Å². The van der Waals surface area contributed by atoms with E-state index in [9.17, 15) is 4.79 Å². The van der Waals surface area contributed by atoms with E-state index in [1.165, 1.54) is 0 Å². The molecule has 2 aromatic rings. The quantitative estimate of drug-likeness (QED) is 0.798. The van der Waals surface area contributed by atoms with Crippen LogP contribution in [-0.4, -0.2) is 34.0 Å². The van der Waals surface area contributed by atoms with Crippen molar-refractivity contribution < 1.29 is 9.53 Å². The molecule has 1 aromatic carbocycles. The molecule has 2 atom stereocenters. The van der Waals surface area contributed by atoms with Crippen LogP contribution in [0, 0.1) is 0 Å². The number of pyridine rings is 1. The largest absolute Gasteiger partial charge is 0.490 e. The molecule has 1 aromatic heterocycles. The van der Waals surface area contributed by atoms with Gasteiger partial charge >= 0.3 is 0 Å². The fraction of sp³-hybridized carbons (Fsp3) is 0.368. The molecule has 0 radical (unpaired) electrons. The Bertz CT molecular complexity index is 723. The lowest BCUT2D eigenvalue weighted by atomic mass is 9.98. The smallest absolute Gasteiger partial charge is 0.255 e. The number of halogens is 1. The molecule has 2 fully saturated rings. The Hall–Kier alpha value is -1.88. The Morgan fingerprint density at radius 3 is 2.42 bits per heavy atom. The Balaban J connectivity index is 1.49. The highest BCUT2D eigenvalue weighted by Gasteiger charge is 2.44. The van der Waals surface area contributed by atoms with Gasteiger partial charge in [-0.1, -0.05) is 12.1 Å². The molecule has 0 saturated carbocycles. The third kappa shape index (κ3) is 2.93. The van der Waals surface area contributed by atoms with Crippen LogP contribution in [0.3, 0.4) is 0 Å². The first-order chi connectivity index (χ1) is 11.7. The molecule has 2 aliphatic rings. The number of carbonyl (C=O) groups is 1. The fourth-order valence-corrected chi connectivity index (χ4v) is 4.39. The van der Waals surface area contributed by atoms with Crippen LogP contribution in [0.2, 0.25) is 0 Å². The first-order valence-corrected chi connectivity index (χ1v) is 9.15. The first-order valence-electron chi connectivity index (χ1n) is 8.36. The van der Waals surface area contributed by atoms with E-state index in [1.54, 1.807) is 12.4 Å². The summed E-state index contributed by atoms with van der Waals surface area (Å²) < 4.78 is 6.97. The minimum atomic E-state index is 0.136. The van der Waals surface area contributed by atoms with Crippen LogP contribution in [0.1, 0.15) is 36.0 Å². The van der Waals surface area contributed by atoms with Crippen molar-refractivity contribution in [1.82, 2.24) is 9.88 Å². The van der Waals surface area contributed by atoms with Gasteiger partial charge < -0.3 is 9.64 Å². The maximum atomic E-state index is 13.0. The van der Waals surface area contributed by atoms with Crippen LogP contribution in [0.25, 0.3) is 0 Å². The second-order valence-corrected chi connectivity index (χ2v) is 7.33. The number of fused-ring (bicyclic) bond motifs is 2. The molecule has 2 saturated heterocycles. The first kappa shape index (κ1) is 15.6. The fourth-order valence-electron chi connectivity index (χ4n) is 3.94. The monoisotopic (exact) mass is 386 g/mol. The maximum absolute atomic E-state index is 13.0. The van der Waals surface area contributed by atoms with Gasteiger partial charge in [-0.05, 0) is 53.0 Å². The highest BCUT2D eigenvalue weighted by atomic mass is 79.9. The lowest BCUT2D eigenvalue weighted by Gasteiger charge is -2.39. The molecule has 4 nitrogen and oxygen atoms in total. The number of ether oxygens (including phenoxy) is 1. The van der Waals surface area contributed by atoms with E-state index in [0.29, 0.717) is 0 Å². The van der Waals surface area contributed by atoms with Crippen LogP contribution in [0.15, 0.2) is 53.3 Å². The van der Waals surface area contributed by atoms with E-state index < -0.39 is 0 Å². The molecule has 0 spiro atoms. The van der Waals surface area contributed by atoms with Crippen molar-refractivity contribution >= 4 is 21.8 Å². The van der Waals surface area contributed by atoms with Crippen molar-refractivity contribution in [3.8, 4) is 5.75 Å². The average molecular weight is 387 g/mol. The highest BCUT2D eigenvalue weighted by molar-refractivity contribution is 9.10. The van der Waals surface area contributed by atoms with Gasteiger partial charge in [-0.3, -0.25) is 9.78 Å². The lowest BCUT2D eigenvalue weighted by Crippen LogP contribution is -2.49. The van der Waals surface area contributed by atoms with Crippen LogP contribution < -0.4 is 4.74 Å². The topological polar surface area (TPSA) is 42.4 Å². The van der Waals surface area contributed by atoms with Crippen LogP contribution in [0.5, 0.6) is 5.75 Å². The third-order valence-corrected chi connectivity index (χ3v) is 5.67. The summed E-state index contributed by atoms with van der Waals surface area (Å²) >= 11 is 3.50. The molecular formula is C19H19BrN2O2. The number of amides is 1. The second kappa shape index (κ2) is 6.55. The van der Waals surface area contributed by atoms with E-state index in [-0.39, 0.29) is 24.1 Å². The summed E-state index contributed by atoms with van der Waals surface area (Å²) in [5, 5.41) is 0. The second-order valence-electron chi connectivity index (χ2n) is 6.47. The van der Waals surface area contributed by atoms with E-state index in [1.807, 2.05) is 36.4 Å². The number of benzene rings is 1. The van der Waals surface area contributed by atoms with Gasteiger partial charge in [0.1, 0.15) is 11.9 Å². The maximum Gasteiger partial charge on any atom is 0.255 e. The van der Waals surface area contributed by atoms with Gasteiger partial charge in [-0.2, -0.15) is 0 Å². The molecule has 124 valence electrons. The van der Waals surface area contributed by atoms with Crippen molar-refractivity contribution in [3.63, 3.8) is 0 Å². The number of carbonyl (C=O) groups excluding carboxylic acids is 1. The number of rotatable bonds is 3. The Morgan fingerprint density at radius 1 is 1.08 bits per heavy atom. The Labute approximate surface area is 150 Å². The standard InChI is InChI=1S/C19H19BrN2O2/c20-18-4-2-1-3-17(18)19(23)22-13-5-6-14(22)12-16(11-13)24-15-7-9-21-10-8-15/h1-4,7-10,13-14,16H,5-6,11-12H2. The van der Waals surface area contributed by atoms with Crippen molar-refractivity contribution in [3.05, 3.63) is 58.8 Å². The third-order valence-electron chi connectivity index (χ3n) is 4.98. The summed E-state index contributed by atoms with van der Waals surface area (Å²) in [7, 11) is 0. The van der Waals surface area contributed by atoms with Crippen molar-refractivity contribution in [2.24, 2.45) is 0 Å². The minimum Gasteiger partial charge on any atom is -0.490 e. The molecule has 0 N–H and O–H groups in total. The lowest BCUT2D eigenvalue weighted by molar-refractivity contribution is 0.0358.